The van der Waals surface area contributed by atoms with E-state index in [1.807, 2.05) is 11.8 Å². The number of carboxylic acid groups (broad SMARTS) is 1. The number of carboxylic acids is 1. The third-order valence-corrected chi connectivity index (χ3v) is 3.81. The zero-order valence-electron chi connectivity index (χ0n) is 11.6. The van der Waals surface area contributed by atoms with E-state index in [9.17, 15) is 9.59 Å². The Kier molecular flexibility index (Phi) is 7.70. The summed E-state index contributed by atoms with van der Waals surface area (Å²) in [5.74, 6) is 0.316. The van der Waals surface area contributed by atoms with Crippen LogP contribution in [0.15, 0.2) is 0 Å². The summed E-state index contributed by atoms with van der Waals surface area (Å²) in [6.45, 7) is 1.00. The molecule has 2 amide bonds. The lowest BCUT2D eigenvalue weighted by molar-refractivity contribution is -0.137. The fraction of sp³-hybridized carbons (Fsp3) is 0.846. The number of amides is 2. The van der Waals surface area contributed by atoms with E-state index in [4.69, 9.17) is 5.11 Å². The minimum atomic E-state index is -0.851. The third kappa shape index (κ3) is 7.30. The van der Waals surface area contributed by atoms with Gasteiger partial charge in [0.2, 0.25) is 0 Å². The van der Waals surface area contributed by atoms with Gasteiger partial charge in [-0.3, -0.25) is 4.79 Å². The van der Waals surface area contributed by atoms with Crippen LogP contribution in [0.1, 0.15) is 38.5 Å². The van der Waals surface area contributed by atoms with Crippen molar-refractivity contribution in [1.82, 2.24) is 10.2 Å². The highest BCUT2D eigenvalue weighted by atomic mass is 32.2. The van der Waals surface area contributed by atoms with Crippen molar-refractivity contribution in [3.8, 4) is 0 Å². The lowest BCUT2D eigenvalue weighted by Crippen LogP contribution is -2.42. The summed E-state index contributed by atoms with van der Waals surface area (Å²) >= 11 is 1.84. The molecule has 0 atom stereocenters. The molecule has 0 bridgehead atoms. The number of nitrogens with zero attached hydrogens (tertiary/aromatic N) is 1. The first-order valence-electron chi connectivity index (χ1n) is 6.90. The van der Waals surface area contributed by atoms with Crippen molar-refractivity contribution in [3.05, 3.63) is 0 Å². The van der Waals surface area contributed by atoms with Gasteiger partial charge in [-0.15, -0.1) is 0 Å². The molecular weight excluding hydrogens is 264 g/mol. The first-order chi connectivity index (χ1) is 9.15. The summed E-state index contributed by atoms with van der Waals surface area (Å²) < 4.78 is 0. The molecule has 0 aromatic heterocycles. The summed E-state index contributed by atoms with van der Waals surface area (Å²) in [5.41, 5.74) is 0. The van der Waals surface area contributed by atoms with Crippen LogP contribution >= 0.6 is 11.8 Å². The van der Waals surface area contributed by atoms with Gasteiger partial charge in [-0.05, 0) is 37.7 Å². The van der Waals surface area contributed by atoms with E-state index < -0.39 is 5.97 Å². The van der Waals surface area contributed by atoms with Gasteiger partial charge in [0.15, 0.2) is 0 Å². The molecule has 19 heavy (non-hydrogen) atoms. The van der Waals surface area contributed by atoms with Gasteiger partial charge in [-0.2, -0.15) is 11.8 Å². The molecule has 0 aromatic carbocycles. The second-order valence-electron chi connectivity index (χ2n) is 4.85. The molecule has 5 nitrogen and oxygen atoms in total. The van der Waals surface area contributed by atoms with Crippen LogP contribution in [0.2, 0.25) is 0 Å². The summed E-state index contributed by atoms with van der Waals surface area (Å²) in [5, 5.41) is 11.6. The van der Waals surface area contributed by atoms with Crippen LogP contribution in [0.25, 0.3) is 0 Å². The van der Waals surface area contributed by atoms with Crippen molar-refractivity contribution in [2.75, 3.05) is 25.1 Å². The van der Waals surface area contributed by atoms with Gasteiger partial charge in [0, 0.05) is 19.1 Å². The Balaban J connectivity index is 2.15. The third-order valence-electron chi connectivity index (χ3n) is 3.12. The fourth-order valence-corrected chi connectivity index (χ4v) is 2.39. The summed E-state index contributed by atoms with van der Waals surface area (Å²) in [7, 11) is 0. The van der Waals surface area contributed by atoms with E-state index in [1.54, 1.807) is 4.90 Å². The molecule has 1 aliphatic rings. The number of unbranched alkanes of at least 4 members (excludes halogenated alkanes) is 2. The molecule has 1 saturated carbocycles. The summed E-state index contributed by atoms with van der Waals surface area (Å²) in [4.78, 5) is 24.2. The predicted octanol–water partition coefficient (Wildman–Crippen LogP) is 2.17. The van der Waals surface area contributed by atoms with Crippen molar-refractivity contribution in [1.29, 1.82) is 0 Å². The number of carbonyl (C=O) groups is 2. The van der Waals surface area contributed by atoms with Crippen LogP contribution in [-0.4, -0.2) is 53.1 Å². The van der Waals surface area contributed by atoms with Gasteiger partial charge in [-0.1, -0.05) is 6.42 Å². The van der Waals surface area contributed by atoms with Crippen molar-refractivity contribution >= 4 is 23.8 Å². The Hall–Kier alpha value is -0.910. The molecule has 1 rings (SSSR count). The molecule has 0 aliphatic heterocycles. The molecule has 0 aromatic rings. The molecule has 0 unspecified atom stereocenters. The number of hydrogen-bond donors (Lipinski definition) is 2. The van der Waals surface area contributed by atoms with Gasteiger partial charge in [-0.25, -0.2) is 4.79 Å². The van der Waals surface area contributed by atoms with E-state index in [0.717, 1.165) is 25.7 Å². The summed E-state index contributed by atoms with van der Waals surface area (Å²) in [6.07, 6.45) is 7.42. The van der Waals surface area contributed by atoms with E-state index in [1.165, 1.54) is 12.2 Å². The van der Waals surface area contributed by atoms with Crippen LogP contribution in [0.4, 0.5) is 4.79 Å². The van der Waals surface area contributed by atoms with Gasteiger partial charge < -0.3 is 15.3 Å². The Morgan fingerprint density at radius 1 is 1.32 bits per heavy atom. The highest BCUT2D eigenvalue weighted by molar-refractivity contribution is 7.98. The molecular formula is C13H24N2O3S. The van der Waals surface area contributed by atoms with Gasteiger partial charge in [0.05, 0.1) is 6.42 Å². The number of urea groups is 1. The maximum atomic E-state index is 11.9. The minimum Gasteiger partial charge on any atom is -0.481 e. The van der Waals surface area contributed by atoms with Crippen molar-refractivity contribution in [2.24, 2.45) is 0 Å². The Morgan fingerprint density at radius 3 is 2.63 bits per heavy atom. The van der Waals surface area contributed by atoms with Gasteiger partial charge in [0.25, 0.3) is 0 Å². The highest BCUT2D eigenvalue weighted by Gasteiger charge is 2.32. The Morgan fingerprint density at radius 2 is 2.05 bits per heavy atom. The standard InChI is InChI=1S/C13H24N2O3S/c1-19-10-4-2-3-8-14-13(18)15(11-5-6-11)9-7-12(16)17/h11H,2-10H2,1H3,(H,14,18)(H,16,17). The average molecular weight is 288 g/mol. The van der Waals surface area contributed by atoms with Crippen LogP contribution in [0, 0.1) is 0 Å². The van der Waals surface area contributed by atoms with Crippen molar-refractivity contribution < 1.29 is 14.7 Å². The normalized spacial score (nSPS) is 14.2. The topological polar surface area (TPSA) is 69.6 Å². The van der Waals surface area contributed by atoms with Crippen LogP contribution in [0.5, 0.6) is 0 Å². The van der Waals surface area contributed by atoms with Gasteiger partial charge >= 0.3 is 12.0 Å². The highest BCUT2D eigenvalue weighted by Crippen LogP contribution is 2.26. The second-order valence-corrected chi connectivity index (χ2v) is 5.84. The first kappa shape index (κ1) is 16.1. The van der Waals surface area contributed by atoms with E-state index in [-0.39, 0.29) is 18.5 Å². The lowest BCUT2D eigenvalue weighted by Gasteiger charge is -2.22. The number of rotatable bonds is 10. The van der Waals surface area contributed by atoms with Crippen molar-refractivity contribution in [3.63, 3.8) is 0 Å². The molecule has 1 aliphatic carbocycles. The quantitative estimate of drug-likeness (QED) is 0.604. The van der Waals surface area contributed by atoms with E-state index in [2.05, 4.69) is 11.6 Å². The number of hydrogen-bond acceptors (Lipinski definition) is 3. The molecule has 110 valence electrons. The van der Waals surface area contributed by atoms with Gasteiger partial charge in [0.1, 0.15) is 0 Å². The minimum absolute atomic E-state index is 0.0254. The number of nitrogens with one attached hydrogen (secondary N) is 1. The molecule has 1 fully saturated rings. The summed E-state index contributed by atoms with van der Waals surface area (Å²) in [6, 6.07) is 0.157. The largest absolute Gasteiger partial charge is 0.481 e. The first-order valence-corrected chi connectivity index (χ1v) is 8.29. The van der Waals surface area contributed by atoms with Crippen LogP contribution in [-0.2, 0) is 4.79 Å². The van der Waals surface area contributed by atoms with Crippen molar-refractivity contribution in [2.45, 2.75) is 44.6 Å². The van der Waals surface area contributed by atoms with E-state index >= 15 is 0 Å². The monoisotopic (exact) mass is 288 g/mol. The predicted molar refractivity (Wildman–Crippen MR) is 77.6 cm³/mol. The molecule has 2 N–H and O–H groups in total. The smallest absolute Gasteiger partial charge is 0.317 e. The Labute approximate surface area is 119 Å². The van der Waals surface area contributed by atoms with Crippen LogP contribution < -0.4 is 5.32 Å². The molecule has 0 heterocycles. The zero-order valence-corrected chi connectivity index (χ0v) is 12.4. The maximum absolute atomic E-state index is 11.9. The number of carbonyl (C=O) groups excluding carboxylic acids is 1. The number of aliphatic carboxylic acids is 1. The average Bonchev–Trinajstić information content (AvgIpc) is 3.18. The number of thioether (sulfide) groups is 1. The second kappa shape index (κ2) is 9.07. The molecule has 0 radical (unpaired) electrons. The lowest BCUT2D eigenvalue weighted by atomic mass is 10.2. The van der Waals surface area contributed by atoms with Crippen LogP contribution in [0.3, 0.4) is 0 Å². The van der Waals surface area contributed by atoms with E-state index in [0.29, 0.717) is 13.1 Å². The molecule has 6 heteroatoms. The molecule has 0 saturated heterocycles. The maximum Gasteiger partial charge on any atom is 0.317 e. The zero-order chi connectivity index (χ0) is 14.1. The Bertz CT molecular complexity index is 296. The molecule has 0 spiro atoms. The fourth-order valence-electron chi connectivity index (χ4n) is 1.90. The SMILES string of the molecule is CSCCCCCNC(=O)N(CCC(=O)O)C1CC1.